The molecule has 0 radical (unpaired) electrons. The lowest BCUT2D eigenvalue weighted by Crippen LogP contribution is -2.35. The number of fused-ring (bicyclic) bond motifs is 1. The maximum Gasteiger partial charge on any atom is 0.0583 e. The predicted molar refractivity (Wildman–Crippen MR) is 126 cm³/mol. The average Bonchev–Trinajstić information content (AvgIpc) is 3.04. The summed E-state index contributed by atoms with van der Waals surface area (Å²) in [6.45, 7) is 16.3. The Labute approximate surface area is 180 Å². The fourth-order valence-electron chi connectivity index (χ4n) is 6.25. The summed E-state index contributed by atoms with van der Waals surface area (Å²) < 4.78 is 0. The Kier molecular flexibility index (Phi) is 7.31. The van der Waals surface area contributed by atoms with E-state index in [4.69, 9.17) is 0 Å². The van der Waals surface area contributed by atoms with Crippen molar-refractivity contribution in [2.24, 2.45) is 35.0 Å². The summed E-state index contributed by atoms with van der Waals surface area (Å²) in [6.07, 6.45) is 18.8. The molecular weight excluding hydrogens is 352 g/mol. The molecule has 6 atom stereocenters. The Morgan fingerprint density at radius 2 is 1.79 bits per heavy atom. The summed E-state index contributed by atoms with van der Waals surface area (Å²) in [5.41, 5.74) is 4.61. The van der Waals surface area contributed by atoms with Crippen LogP contribution in [0.1, 0.15) is 86.0 Å². The summed E-state index contributed by atoms with van der Waals surface area (Å²) in [5.74, 6) is 3.58. The molecular formula is C28H44O. The minimum atomic E-state index is -0.182. The van der Waals surface area contributed by atoms with Gasteiger partial charge in [0.25, 0.3) is 0 Å². The minimum Gasteiger partial charge on any atom is -0.393 e. The van der Waals surface area contributed by atoms with E-state index in [1.54, 1.807) is 5.57 Å². The Bertz CT molecular complexity index is 678. The van der Waals surface area contributed by atoms with E-state index in [9.17, 15) is 5.11 Å². The van der Waals surface area contributed by atoms with Crippen LogP contribution in [0.15, 0.2) is 47.6 Å². The largest absolute Gasteiger partial charge is 0.393 e. The van der Waals surface area contributed by atoms with Crippen LogP contribution in [0.4, 0.5) is 0 Å². The van der Waals surface area contributed by atoms with Crippen molar-refractivity contribution in [1.29, 1.82) is 0 Å². The van der Waals surface area contributed by atoms with Crippen LogP contribution in [0.5, 0.6) is 0 Å². The van der Waals surface area contributed by atoms with Crippen molar-refractivity contribution in [3.8, 4) is 0 Å². The highest BCUT2D eigenvalue weighted by Gasteiger charge is 2.50. The van der Waals surface area contributed by atoms with Gasteiger partial charge in [0.05, 0.1) is 6.10 Å². The molecule has 0 aromatic carbocycles. The second-order valence-electron chi connectivity index (χ2n) is 10.9. The molecule has 0 aromatic rings. The lowest BCUT2D eigenvalue weighted by molar-refractivity contribution is 0.112. The van der Waals surface area contributed by atoms with Crippen LogP contribution in [-0.4, -0.2) is 11.2 Å². The quantitative estimate of drug-likeness (QED) is 0.473. The van der Waals surface area contributed by atoms with Crippen LogP contribution in [-0.2, 0) is 0 Å². The van der Waals surface area contributed by atoms with E-state index in [1.165, 1.54) is 43.3 Å². The van der Waals surface area contributed by atoms with Crippen molar-refractivity contribution in [1.82, 2.24) is 0 Å². The maximum absolute atomic E-state index is 10.0. The number of hydrogen-bond acceptors (Lipinski definition) is 1. The molecule has 1 heteroatoms. The second kappa shape index (κ2) is 9.38. The zero-order chi connectivity index (χ0) is 21.2. The van der Waals surface area contributed by atoms with Crippen molar-refractivity contribution in [3.05, 3.63) is 47.6 Å². The van der Waals surface area contributed by atoms with E-state index in [-0.39, 0.29) is 6.10 Å². The molecule has 162 valence electrons. The van der Waals surface area contributed by atoms with Gasteiger partial charge in [-0.2, -0.15) is 0 Å². The molecule has 0 bridgehead atoms. The summed E-state index contributed by atoms with van der Waals surface area (Å²) in [4.78, 5) is 0. The number of aliphatic hydroxyl groups is 1. The number of rotatable bonds is 5. The third-order valence-electron chi connectivity index (χ3n) is 8.63. The molecule has 0 spiro atoms. The smallest absolute Gasteiger partial charge is 0.0583 e. The molecule has 3 rings (SSSR count). The molecule has 1 nitrogen and oxygen atoms in total. The molecule has 0 amide bonds. The molecule has 3 aliphatic carbocycles. The summed E-state index contributed by atoms with van der Waals surface area (Å²) in [5, 5.41) is 10.0. The van der Waals surface area contributed by atoms with Gasteiger partial charge >= 0.3 is 0 Å². The van der Waals surface area contributed by atoms with Crippen molar-refractivity contribution < 1.29 is 5.11 Å². The molecule has 3 aliphatic rings. The third-order valence-corrected chi connectivity index (χ3v) is 8.63. The van der Waals surface area contributed by atoms with Gasteiger partial charge in [0.2, 0.25) is 0 Å². The summed E-state index contributed by atoms with van der Waals surface area (Å²) in [7, 11) is 0. The van der Waals surface area contributed by atoms with Gasteiger partial charge in [0.1, 0.15) is 0 Å². The van der Waals surface area contributed by atoms with Gasteiger partial charge in [0, 0.05) is 0 Å². The first-order chi connectivity index (χ1) is 13.7. The van der Waals surface area contributed by atoms with Gasteiger partial charge in [-0.25, -0.2) is 0 Å². The Balaban J connectivity index is 1.75. The first-order valence-corrected chi connectivity index (χ1v) is 12.2. The van der Waals surface area contributed by atoms with Gasteiger partial charge in [-0.05, 0) is 91.9 Å². The zero-order valence-corrected chi connectivity index (χ0v) is 19.6. The van der Waals surface area contributed by atoms with Gasteiger partial charge in [-0.15, -0.1) is 0 Å². The lowest BCUT2D eigenvalue weighted by Gasteiger charge is -2.44. The van der Waals surface area contributed by atoms with Crippen molar-refractivity contribution in [2.45, 2.75) is 92.1 Å². The zero-order valence-electron chi connectivity index (χ0n) is 19.6. The standard InChI is InChI=1S/C28H44O/c1-19(2)20(3)9-10-22(5)26-15-16-27-23(8-7-17-28(26,27)6)12-13-24-18-25(29)14-11-21(24)4/h9-10,12-13,19-20,22,25-27,29H,4,7-8,11,14-18H2,1-3,5-6H3/b10-9+,23-12+,24-13-/t20-,22-,25+,26-,27-,28+/m1/s1. The molecule has 0 unspecified atom stereocenters. The SMILES string of the molecule is C=C1CC[C@H](O)C/C1=C/C=C1\CCC[C@]2(C)[C@@H]1CC[C@@H]2[C@H](C)/C=C/[C@@H](C)C(C)C. The lowest BCUT2D eigenvalue weighted by atomic mass is 9.61. The summed E-state index contributed by atoms with van der Waals surface area (Å²) in [6, 6.07) is 0. The van der Waals surface area contributed by atoms with E-state index in [0.717, 1.165) is 37.0 Å². The van der Waals surface area contributed by atoms with Crippen molar-refractivity contribution >= 4 is 0 Å². The monoisotopic (exact) mass is 396 g/mol. The Hall–Kier alpha value is -1.08. The fraction of sp³-hybridized carbons (Fsp3) is 0.714. The molecule has 1 N–H and O–H groups in total. The van der Waals surface area contributed by atoms with Crippen LogP contribution in [0.25, 0.3) is 0 Å². The minimum absolute atomic E-state index is 0.182. The predicted octanol–water partition coefficient (Wildman–Crippen LogP) is 7.64. The molecule has 3 fully saturated rings. The van der Waals surface area contributed by atoms with Crippen LogP contribution in [0.3, 0.4) is 0 Å². The van der Waals surface area contributed by atoms with Crippen molar-refractivity contribution in [2.75, 3.05) is 0 Å². The number of aliphatic hydroxyl groups excluding tert-OH is 1. The molecule has 0 saturated heterocycles. The molecule has 0 aliphatic heterocycles. The Morgan fingerprint density at radius 1 is 1.03 bits per heavy atom. The summed E-state index contributed by atoms with van der Waals surface area (Å²) >= 11 is 0. The maximum atomic E-state index is 10.0. The normalized spacial score (nSPS) is 38.2. The first kappa shape index (κ1) is 22.6. The van der Waals surface area contributed by atoms with E-state index in [0.29, 0.717) is 17.3 Å². The van der Waals surface area contributed by atoms with Crippen LogP contribution < -0.4 is 0 Å². The van der Waals surface area contributed by atoms with E-state index in [1.807, 2.05) is 0 Å². The van der Waals surface area contributed by atoms with Gasteiger partial charge < -0.3 is 5.11 Å². The van der Waals surface area contributed by atoms with E-state index < -0.39 is 0 Å². The van der Waals surface area contributed by atoms with E-state index >= 15 is 0 Å². The number of hydrogen-bond donors (Lipinski definition) is 1. The van der Waals surface area contributed by atoms with Crippen LogP contribution in [0, 0.1) is 35.0 Å². The molecule has 3 saturated carbocycles. The van der Waals surface area contributed by atoms with Crippen molar-refractivity contribution in [3.63, 3.8) is 0 Å². The van der Waals surface area contributed by atoms with Crippen LogP contribution >= 0.6 is 0 Å². The third kappa shape index (κ3) is 4.98. The van der Waals surface area contributed by atoms with Gasteiger partial charge in [-0.3, -0.25) is 0 Å². The molecule has 0 heterocycles. The van der Waals surface area contributed by atoms with Crippen LogP contribution in [0.2, 0.25) is 0 Å². The fourth-order valence-corrected chi connectivity index (χ4v) is 6.25. The molecule has 0 aromatic heterocycles. The highest BCUT2D eigenvalue weighted by Crippen LogP contribution is 2.59. The van der Waals surface area contributed by atoms with Gasteiger partial charge in [0.15, 0.2) is 0 Å². The van der Waals surface area contributed by atoms with E-state index in [2.05, 4.69) is 65.5 Å². The molecule has 29 heavy (non-hydrogen) atoms. The Morgan fingerprint density at radius 3 is 2.52 bits per heavy atom. The second-order valence-corrected chi connectivity index (χ2v) is 10.9. The van der Waals surface area contributed by atoms with Gasteiger partial charge in [-0.1, -0.05) is 76.6 Å². The first-order valence-electron chi connectivity index (χ1n) is 12.2. The highest BCUT2D eigenvalue weighted by molar-refractivity contribution is 5.36. The topological polar surface area (TPSA) is 20.2 Å². The highest BCUT2D eigenvalue weighted by atomic mass is 16.3. The average molecular weight is 397 g/mol. The number of allylic oxidation sites excluding steroid dienone is 6.